The summed E-state index contributed by atoms with van der Waals surface area (Å²) in [6.45, 7) is 7.11. The second-order valence-corrected chi connectivity index (χ2v) is 7.89. The number of allylic oxidation sites excluding steroid dienone is 3. The summed E-state index contributed by atoms with van der Waals surface area (Å²) in [7, 11) is 2.00. The van der Waals surface area contributed by atoms with Crippen molar-refractivity contribution in [1.82, 2.24) is 10.2 Å². The van der Waals surface area contributed by atoms with Gasteiger partial charge in [-0.05, 0) is 44.7 Å². The fourth-order valence-corrected chi connectivity index (χ4v) is 5.10. The SMILES string of the molecule is CC1C2CC3=C4C=C2NC1C(C)C(C)(C3)N(C)CC(=O)C4=O. The van der Waals surface area contributed by atoms with Gasteiger partial charge in [0.15, 0.2) is 0 Å². The molecule has 4 bridgehead atoms. The van der Waals surface area contributed by atoms with Crippen LogP contribution < -0.4 is 5.32 Å². The number of ketones is 2. The maximum Gasteiger partial charge on any atom is 0.229 e. The van der Waals surface area contributed by atoms with Gasteiger partial charge in [-0.3, -0.25) is 14.5 Å². The smallest absolute Gasteiger partial charge is 0.229 e. The summed E-state index contributed by atoms with van der Waals surface area (Å²) in [4.78, 5) is 27.0. The van der Waals surface area contributed by atoms with E-state index in [2.05, 4.69) is 31.0 Å². The van der Waals surface area contributed by atoms with Gasteiger partial charge in [0.05, 0.1) is 6.54 Å². The minimum Gasteiger partial charge on any atom is -0.385 e. The van der Waals surface area contributed by atoms with Gasteiger partial charge in [-0.2, -0.15) is 0 Å². The fraction of sp³-hybridized carbons (Fsp3) is 0.667. The summed E-state index contributed by atoms with van der Waals surface area (Å²) >= 11 is 0. The van der Waals surface area contributed by atoms with E-state index in [-0.39, 0.29) is 23.7 Å². The van der Waals surface area contributed by atoms with E-state index in [0.29, 0.717) is 29.4 Å². The average Bonchev–Trinajstić information content (AvgIpc) is 2.82. The summed E-state index contributed by atoms with van der Waals surface area (Å²) in [6.07, 6.45) is 3.81. The van der Waals surface area contributed by atoms with Gasteiger partial charge in [0.1, 0.15) is 0 Å². The van der Waals surface area contributed by atoms with E-state index in [1.165, 1.54) is 11.3 Å². The maximum absolute atomic E-state index is 12.5. The van der Waals surface area contributed by atoms with Gasteiger partial charge < -0.3 is 5.32 Å². The number of nitrogens with one attached hydrogen (secondary N) is 1. The minimum absolute atomic E-state index is 0.0958. The Morgan fingerprint density at radius 2 is 2.05 bits per heavy atom. The van der Waals surface area contributed by atoms with Crippen LogP contribution in [0.2, 0.25) is 0 Å². The van der Waals surface area contributed by atoms with E-state index in [9.17, 15) is 9.59 Å². The maximum atomic E-state index is 12.5. The topological polar surface area (TPSA) is 49.4 Å². The molecule has 2 heterocycles. The first-order valence-corrected chi connectivity index (χ1v) is 8.32. The highest BCUT2D eigenvalue weighted by molar-refractivity contribution is 6.45. The summed E-state index contributed by atoms with van der Waals surface area (Å²) < 4.78 is 0. The third-order valence-corrected chi connectivity index (χ3v) is 6.92. The van der Waals surface area contributed by atoms with E-state index in [0.717, 1.165) is 12.8 Å². The van der Waals surface area contributed by atoms with E-state index in [4.69, 9.17) is 0 Å². The van der Waals surface area contributed by atoms with Crippen molar-refractivity contribution in [3.8, 4) is 0 Å². The Balaban J connectivity index is 1.97. The number of hydrogen-bond acceptors (Lipinski definition) is 4. The Labute approximate surface area is 131 Å². The standard InChI is InChI=1S/C18H24N2O2/c1-9-12-5-11-7-18(3)10(2)16(9)19-14(12)6-13(11)17(22)15(21)8-20(18)4/h6,9-10,12,16,19H,5,7-8H2,1-4H3. The molecule has 0 radical (unpaired) electrons. The first-order valence-electron chi connectivity index (χ1n) is 8.32. The van der Waals surface area contributed by atoms with Crippen LogP contribution in [0.3, 0.4) is 0 Å². The van der Waals surface area contributed by atoms with Gasteiger partial charge in [-0.1, -0.05) is 19.4 Å². The highest BCUT2D eigenvalue weighted by Crippen LogP contribution is 2.50. The summed E-state index contributed by atoms with van der Waals surface area (Å²) in [5.41, 5.74) is 2.96. The molecule has 4 rings (SSSR count). The van der Waals surface area contributed by atoms with E-state index in [1.54, 1.807) is 0 Å². The quantitative estimate of drug-likeness (QED) is 0.692. The molecule has 5 atom stereocenters. The molecule has 0 aromatic rings. The van der Waals surface area contributed by atoms with Crippen molar-refractivity contribution >= 4 is 11.6 Å². The molecular weight excluding hydrogens is 276 g/mol. The van der Waals surface area contributed by atoms with E-state index in [1.807, 2.05) is 13.1 Å². The van der Waals surface area contributed by atoms with Gasteiger partial charge in [0, 0.05) is 28.8 Å². The lowest BCUT2D eigenvalue weighted by atomic mass is 9.65. The third kappa shape index (κ3) is 1.62. The number of fused-ring (bicyclic) bond motifs is 2. The van der Waals surface area contributed by atoms with Crippen molar-refractivity contribution in [2.24, 2.45) is 17.8 Å². The Bertz CT molecular complexity index is 647. The minimum atomic E-state index is -0.290. The predicted molar refractivity (Wildman–Crippen MR) is 84.1 cm³/mol. The van der Waals surface area contributed by atoms with Crippen molar-refractivity contribution in [3.63, 3.8) is 0 Å². The molecule has 0 aromatic heterocycles. The number of likely N-dealkylation sites (N-methyl/N-ethyl adjacent to an activating group) is 1. The normalized spacial score (nSPS) is 44.5. The Morgan fingerprint density at radius 3 is 2.77 bits per heavy atom. The summed E-state index contributed by atoms with van der Waals surface area (Å²) in [6, 6.07) is 0.410. The van der Waals surface area contributed by atoms with Gasteiger partial charge in [-0.25, -0.2) is 0 Å². The van der Waals surface area contributed by atoms with Crippen molar-refractivity contribution < 1.29 is 9.59 Å². The number of carbonyl (C=O) groups excluding carboxylic acids is 2. The molecular formula is C18H24N2O2. The first-order chi connectivity index (χ1) is 10.3. The zero-order chi connectivity index (χ0) is 15.8. The zero-order valence-corrected chi connectivity index (χ0v) is 13.8. The van der Waals surface area contributed by atoms with Crippen LogP contribution in [-0.2, 0) is 9.59 Å². The van der Waals surface area contributed by atoms with Crippen LogP contribution in [0, 0.1) is 17.8 Å². The van der Waals surface area contributed by atoms with Crippen LogP contribution in [0.5, 0.6) is 0 Å². The molecule has 118 valence electrons. The molecule has 0 amide bonds. The molecule has 2 aliphatic carbocycles. The zero-order valence-electron chi connectivity index (χ0n) is 13.8. The molecule has 2 fully saturated rings. The lowest BCUT2D eigenvalue weighted by molar-refractivity contribution is -0.136. The highest BCUT2D eigenvalue weighted by atomic mass is 16.2. The average molecular weight is 300 g/mol. The summed E-state index contributed by atoms with van der Waals surface area (Å²) in [5.74, 6) is 0.910. The number of nitrogens with zero attached hydrogens (tertiary/aromatic N) is 1. The summed E-state index contributed by atoms with van der Waals surface area (Å²) in [5, 5.41) is 3.69. The van der Waals surface area contributed by atoms with Gasteiger partial charge >= 0.3 is 0 Å². The molecule has 1 saturated heterocycles. The van der Waals surface area contributed by atoms with E-state index < -0.39 is 0 Å². The van der Waals surface area contributed by atoms with Crippen LogP contribution in [0.25, 0.3) is 0 Å². The van der Waals surface area contributed by atoms with Crippen LogP contribution in [0.15, 0.2) is 22.9 Å². The molecule has 4 aliphatic rings. The molecule has 2 aliphatic heterocycles. The molecule has 0 spiro atoms. The van der Waals surface area contributed by atoms with Crippen LogP contribution in [-0.4, -0.2) is 41.6 Å². The fourth-order valence-electron chi connectivity index (χ4n) is 5.10. The van der Waals surface area contributed by atoms with Crippen molar-refractivity contribution in [1.29, 1.82) is 0 Å². The number of rotatable bonds is 0. The van der Waals surface area contributed by atoms with Gasteiger partial charge in [-0.15, -0.1) is 0 Å². The highest BCUT2D eigenvalue weighted by Gasteiger charge is 2.52. The Hall–Kier alpha value is -1.42. The van der Waals surface area contributed by atoms with Crippen molar-refractivity contribution in [3.05, 3.63) is 22.9 Å². The molecule has 4 nitrogen and oxygen atoms in total. The second-order valence-electron chi connectivity index (χ2n) is 7.89. The number of carbonyl (C=O) groups is 2. The Kier molecular flexibility index (Phi) is 2.78. The predicted octanol–water partition coefficient (Wildman–Crippen LogP) is 1.68. The lowest BCUT2D eigenvalue weighted by Gasteiger charge is -2.49. The number of Topliss-reactive ketones (excluding diaryl/α,β-unsaturated/α-hetero) is 2. The van der Waals surface area contributed by atoms with Crippen LogP contribution >= 0.6 is 0 Å². The van der Waals surface area contributed by atoms with Gasteiger partial charge in [0.25, 0.3) is 0 Å². The Morgan fingerprint density at radius 1 is 1.32 bits per heavy atom. The number of hydrogen-bond donors (Lipinski definition) is 1. The largest absolute Gasteiger partial charge is 0.385 e. The monoisotopic (exact) mass is 300 g/mol. The van der Waals surface area contributed by atoms with Crippen molar-refractivity contribution in [2.75, 3.05) is 13.6 Å². The lowest BCUT2D eigenvalue weighted by Crippen LogP contribution is -2.58. The molecule has 4 heteroatoms. The van der Waals surface area contributed by atoms with E-state index >= 15 is 0 Å². The second kappa shape index (κ2) is 4.31. The molecule has 1 N–H and O–H groups in total. The van der Waals surface area contributed by atoms with Crippen LogP contribution in [0.1, 0.15) is 33.6 Å². The molecule has 5 unspecified atom stereocenters. The molecule has 0 aromatic carbocycles. The molecule has 22 heavy (non-hydrogen) atoms. The first kappa shape index (κ1) is 14.2. The van der Waals surface area contributed by atoms with Crippen LogP contribution in [0.4, 0.5) is 0 Å². The molecule has 1 saturated carbocycles. The third-order valence-electron chi connectivity index (χ3n) is 6.92. The van der Waals surface area contributed by atoms with Crippen molar-refractivity contribution in [2.45, 2.75) is 45.2 Å². The van der Waals surface area contributed by atoms with Gasteiger partial charge in [0.2, 0.25) is 11.6 Å².